The quantitative estimate of drug-likeness (QED) is 0.679. The lowest BCUT2D eigenvalue weighted by Gasteiger charge is -2.31. The first kappa shape index (κ1) is 17.2. The van der Waals surface area contributed by atoms with E-state index in [1.807, 2.05) is 35.6 Å². The van der Waals surface area contributed by atoms with Crippen LogP contribution < -0.4 is 0 Å². The summed E-state index contributed by atoms with van der Waals surface area (Å²) in [5, 5.41) is 0. The van der Waals surface area contributed by atoms with E-state index in [-0.39, 0.29) is 5.91 Å². The summed E-state index contributed by atoms with van der Waals surface area (Å²) >= 11 is 7.29. The minimum atomic E-state index is 0.0825. The van der Waals surface area contributed by atoms with Gasteiger partial charge in [-0.25, -0.2) is 4.98 Å². The zero-order valence-electron chi connectivity index (χ0n) is 14.2. The predicted molar refractivity (Wildman–Crippen MR) is 103 cm³/mol. The third-order valence-electron chi connectivity index (χ3n) is 4.75. The number of piperidine rings is 1. The number of hydrogen-bond acceptors (Lipinski definition) is 4. The van der Waals surface area contributed by atoms with Crippen molar-refractivity contribution in [2.45, 2.75) is 25.3 Å². The lowest BCUT2D eigenvalue weighted by atomic mass is 9.95. The highest BCUT2D eigenvalue weighted by Gasteiger charge is 2.27. The van der Waals surface area contributed by atoms with E-state index in [2.05, 4.69) is 20.6 Å². The first-order chi connectivity index (χ1) is 12.7. The van der Waals surface area contributed by atoms with Crippen molar-refractivity contribution in [3.8, 4) is 0 Å². The molecule has 0 bridgehead atoms. The summed E-state index contributed by atoms with van der Waals surface area (Å²) in [6, 6.07) is 7.61. The molecule has 0 radical (unpaired) electrons. The fourth-order valence-corrected chi connectivity index (χ4v) is 4.44. The summed E-state index contributed by atoms with van der Waals surface area (Å²) < 4.78 is 2.85. The van der Waals surface area contributed by atoms with Gasteiger partial charge in [-0.1, -0.05) is 17.7 Å². The lowest BCUT2D eigenvalue weighted by Crippen LogP contribution is -2.38. The Labute approximate surface area is 161 Å². The van der Waals surface area contributed by atoms with Gasteiger partial charge in [0.05, 0.1) is 15.8 Å². The zero-order chi connectivity index (χ0) is 17.9. The van der Waals surface area contributed by atoms with Gasteiger partial charge in [-0.05, 0) is 36.6 Å². The van der Waals surface area contributed by atoms with Gasteiger partial charge >= 0.3 is 0 Å². The van der Waals surface area contributed by atoms with Crippen molar-refractivity contribution < 1.29 is 4.79 Å². The third-order valence-corrected chi connectivity index (χ3v) is 5.97. The van der Waals surface area contributed by atoms with Crippen LogP contribution >= 0.6 is 22.9 Å². The van der Waals surface area contributed by atoms with Crippen molar-refractivity contribution in [1.82, 2.24) is 19.4 Å². The van der Waals surface area contributed by atoms with Crippen molar-refractivity contribution in [3.05, 3.63) is 69.7 Å². The Morgan fingerprint density at radius 1 is 1.23 bits per heavy atom. The van der Waals surface area contributed by atoms with Crippen molar-refractivity contribution in [2.24, 2.45) is 0 Å². The van der Waals surface area contributed by atoms with Crippen LogP contribution in [0.15, 0.2) is 49.1 Å². The Kier molecular flexibility index (Phi) is 5.04. The van der Waals surface area contributed by atoms with E-state index >= 15 is 0 Å². The molecule has 1 amide bonds. The maximum Gasteiger partial charge on any atom is 0.263 e. The summed E-state index contributed by atoms with van der Waals surface area (Å²) in [6.45, 7) is 2.27. The van der Waals surface area contributed by atoms with Crippen LogP contribution in [-0.4, -0.2) is 38.4 Å². The number of rotatable bonds is 4. The van der Waals surface area contributed by atoms with Gasteiger partial charge in [-0.15, -0.1) is 11.3 Å². The van der Waals surface area contributed by atoms with Crippen molar-refractivity contribution >= 4 is 28.8 Å². The van der Waals surface area contributed by atoms with Crippen molar-refractivity contribution in [2.75, 3.05) is 13.1 Å². The number of thiophene rings is 1. The first-order valence-corrected chi connectivity index (χ1v) is 9.84. The van der Waals surface area contributed by atoms with Gasteiger partial charge in [0.15, 0.2) is 0 Å². The molecular weight excluding hydrogens is 368 g/mol. The van der Waals surface area contributed by atoms with E-state index in [1.165, 1.54) is 11.3 Å². The van der Waals surface area contributed by atoms with Crippen LogP contribution in [0.1, 0.15) is 39.8 Å². The average molecular weight is 387 g/mol. The summed E-state index contributed by atoms with van der Waals surface area (Å²) in [4.78, 5) is 24.0. The molecule has 134 valence electrons. The van der Waals surface area contributed by atoms with E-state index in [1.54, 1.807) is 12.3 Å². The van der Waals surface area contributed by atoms with Gasteiger partial charge in [0, 0.05) is 43.8 Å². The number of carbonyl (C=O) groups is 1. The number of amides is 1. The van der Waals surface area contributed by atoms with E-state index in [0.717, 1.165) is 43.9 Å². The Morgan fingerprint density at radius 2 is 2.08 bits per heavy atom. The van der Waals surface area contributed by atoms with Crippen LogP contribution in [0.2, 0.25) is 4.34 Å². The van der Waals surface area contributed by atoms with Gasteiger partial charge in [-0.2, -0.15) is 0 Å². The second-order valence-electron chi connectivity index (χ2n) is 6.44. The fourth-order valence-electron chi connectivity index (χ4n) is 3.43. The van der Waals surface area contributed by atoms with E-state index in [9.17, 15) is 4.79 Å². The second-order valence-corrected chi connectivity index (χ2v) is 8.16. The van der Waals surface area contributed by atoms with Crippen molar-refractivity contribution in [1.29, 1.82) is 0 Å². The van der Waals surface area contributed by atoms with E-state index in [4.69, 9.17) is 11.6 Å². The number of likely N-dealkylation sites (tertiary alicyclic amines) is 1. The molecule has 7 heteroatoms. The minimum absolute atomic E-state index is 0.0825. The molecule has 3 aromatic heterocycles. The molecule has 4 heterocycles. The van der Waals surface area contributed by atoms with E-state index in [0.29, 0.717) is 15.1 Å². The molecule has 0 aliphatic carbocycles. The number of imidazole rings is 1. The topological polar surface area (TPSA) is 51.0 Å². The number of halogens is 1. The van der Waals surface area contributed by atoms with Gasteiger partial charge < -0.3 is 9.47 Å². The zero-order valence-corrected chi connectivity index (χ0v) is 15.8. The molecule has 0 atom stereocenters. The minimum Gasteiger partial charge on any atom is -0.338 e. The first-order valence-electron chi connectivity index (χ1n) is 8.65. The van der Waals surface area contributed by atoms with Gasteiger partial charge in [0.25, 0.3) is 5.91 Å². The SMILES string of the molecule is O=C(c1ccc(Cl)s1)N1CCC(c2nccn2Cc2cccnc2)CC1. The number of pyridine rings is 1. The molecule has 0 unspecified atom stereocenters. The molecule has 5 nitrogen and oxygen atoms in total. The molecule has 0 spiro atoms. The Hall–Kier alpha value is -2.18. The Bertz CT molecular complexity index is 884. The summed E-state index contributed by atoms with van der Waals surface area (Å²) in [5.41, 5.74) is 1.16. The Morgan fingerprint density at radius 3 is 2.77 bits per heavy atom. The molecule has 1 fully saturated rings. The number of carbonyl (C=O) groups excluding carboxylic acids is 1. The molecule has 1 aliphatic heterocycles. The van der Waals surface area contributed by atoms with E-state index < -0.39 is 0 Å². The normalized spacial score (nSPS) is 15.3. The molecule has 0 saturated carbocycles. The summed E-state index contributed by atoms with van der Waals surface area (Å²) in [7, 11) is 0. The highest BCUT2D eigenvalue weighted by Crippen LogP contribution is 2.29. The maximum atomic E-state index is 12.6. The smallest absolute Gasteiger partial charge is 0.263 e. The number of nitrogens with zero attached hydrogens (tertiary/aromatic N) is 4. The Balaban J connectivity index is 1.41. The van der Waals surface area contributed by atoms with Crippen molar-refractivity contribution in [3.63, 3.8) is 0 Å². The monoisotopic (exact) mass is 386 g/mol. The number of aromatic nitrogens is 3. The molecule has 4 rings (SSSR count). The molecular formula is C19H19ClN4OS. The summed E-state index contributed by atoms with van der Waals surface area (Å²) in [6.07, 6.45) is 9.40. The van der Waals surface area contributed by atoms with Crippen LogP contribution in [0.3, 0.4) is 0 Å². The van der Waals surface area contributed by atoms with Gasteiger partial charge in [-0.3, -0.25) is 9.78 Å². The molecule has 0 N–H and O–H groups in total. The van der Waals surface area contributed by atoms with Crippen LogP contribution in [0.25, 0.3) is 0 Å². The standard InChI is InChI=1S/C19H19ClN4OS/c20-17-4-3-16(26-17)19(25)23-9-5-15(6-10-23)18-22-8-11-24(18)13-14-2-1-7-21-12-14/h1-4,7-8,11-12,15H,5-6,9-10,13H2. The maximum absolute atomic E-state index is 12.6. The number of hydrogen-bond donors (Lipinski definition) is 0. The second kappa shape index (κ2) is 7.60. The predicted octanol–water partition coefficient (Wildman–Crippen LogP) is 4.06. The third kappa shape index (κ3) is 3.66. The highest BCUT2D eigenvalue weighted by atomic mass is 35.5. The molecule has 3 aromatic rings. The van der Waals surface area contributed by atoms with Gasteiger partial charge in [0.2, 0.25) is 0 Å². The molecule has 1 aliphatic rings. The molecule has 1 saturated heterocycles. The molecule has 26 heavy (non-hydrogen) atoms. The van der Waals surface area contributed by atoms with Gasteiger partial charge in [0.1, 0.15) is 5.82 Å². The van der Waals surface area contributed by atoms with Crippen LogP contribution in [0.4, 0.5) is 0 Å². The lowest BCUT2D eigenvalue weighted by molar-refractivity contribution is 0.0715. The van der Waals surface area contributed by atoms with Crippen LogP contribution in [0.5, 0.6) is 0 Å². The fraction of sp³-hybridized carbons (Fsp3) is 0.316. The van der Waals surface area contributed by atoms with Crippen LogP contribution in [-0.2, 0) is 6.54 Å². The highest BCUT2D eigenvalue weighted by molar-refractivity contribution is 7.17. The van der Waals surface area contributed by atoms with Crippen LogP contribution in [0, 0.1) is 0 Å². The molecule has 0 aromatic carbocycles. The largest absolute Gasteiger partial charge is 0.338 e. The average Bonchev–Trinajstić information content (AvgIpc) is 3.31. The summed E-state index contributed by atoms with van der Waals surface area (Å²) in [5.74, 6) is 1.55.